The van der Waals surface area contributed by atoms with Crippen LogP contribution in [0.1, 0.15) is 5.56 Å². The van der Waals surface area contributed by atoms with Gasteiger partial charge < -0.3 is 4.98 Å². The number of sulfonamides is 1. The summed E-state index contributed by atoms with van der Waals surface area (Å²) in [5.74, 6) is 0.160. The quantitative estimate of drug-likeness (QED) is 0.774. The first-order valence-corrected chi connectivity index (χ1v) is 7.77. The third-order valence-corrected chi connectivity index (χ3v) is 4.06. The molecule has 0 aliphatic heterocycles. The lowest BCUT2D eigenvalue weighted by Gasteiger charge is -2.04. The monoisotopic (exact) mass is 287 g/mol. The van der Waals surface area contributed by atoms with E-state index >= 15 is 0 Å². The van der Waals surface area contributed by atoms with Gasteiger partial charge in [0.1, 0.15) is 0 Å². The van der Waals surface area contributed by atoms with Gasteiger partial charge >= 0.3 is 0 Å². The van der Waals surface area contributed by atoms with Crippen LogP contribution < -0.4 is 4.72 Å². The summed E-state index contributed by atoms with van der Waals surface area (Å²) in [5.41, 5.74) is 2.26. The highest BCUT2D eigenvalue weighted by Gasteiger charge is 2.13. The largest absolute Gasteiger partial charge is 0.323 e. The molecule has 0 radical (unpaired) electrons. The van der Waals surface area contributed by atoms with Crippen LogP contribution in [0.15, 0.2) is 54.6 Å². The van der Waals surface area contributed by atoms with Crippen molar-refractivity contribution in [1.82, 2.24) is 9.97 Å². The number of para-hydroxylation sites is 2. The molecule has 0 saturated carbocycles. The van der Waals surface area contributed by atoms with Crippen molar-refractivity contribution in [3.8, 4) is 0 Å². The number of fused-ring (bicyclic) bond motifs is 1. The summed E-state index contributed by atoms with van der Waals surface area (Å²) in [7, 11) is -3.48. The Bertz CT molecular complexity index is 793. The molecule has 1 aromatic heterocycles. The van der Waals surface area contributed by atoms with Crippen LogP contribution >= 0.6 is 0 Å². The first kappa shape index (κ1) is 12.7. The smallest absolute Gasteiger partial charge is 0.239 e. The van der Waals surface area contributed by atoms with Crippen LogP contribution in [0.5, 0.6) is 0 Å². The molecule has 5 nitrogen and oxygen atoms in total. The average molecular weight is 287 g/mol. The molecule has 2 aromatic carbocycles. The fourth-order valence-corrected chi connectivity index (χ4v) is 3.07. The van der Waals surface area contributed by atoms with Crippen molar-refractivity contribution >= 4 is 27.0 Å². The van der Waals surface area contributed by atoms with E-state index in [1.807, 2.05) is 42.5 Å². The second-order valence-electron chi connectivity index (χ2n) is 4.45. The number of imidazole rings is 1. The summed E-state index contributed by atoms with van der Waals surface area (Å²) in [6, 6.07) is 16.4. The van der Waals surface area contributed by atoms with Gasteiger partial charge in [0.15, 0.2) is 0 Å². The van der Waals surface area contributed by atoms with Gasteiger partial charge in [0, 0.05) is 0 Å². The molecule has 2 N–H and O–H groups in total. The molecule has 6 heteroatoms. The minimum Gasteiger partial charge on any atom is -0.323 e. The Labute approximate surface area is 116 Å². The van der Waals surface area contributed by atoms with Gasteiger partial charge in [0.05, 0.1) is 16.8 Å². The van der Waals surface area contributed by atoms with Crippen LogP contribution in [0.2, 0.25) is 0 Å². The molecule has 1 heterocycles. The number of H-pyrrole nitrogens is 1. The standard InChI is InChI=1S/C14H13N3O2S/c18-20(19,10-11-6-2-1-3-7-11)17-14-15-12-8-4-5-9-13(12)16-14/h1-9H,10H2,(H2,15,16,17). The molecule has 0 aliphatic rings. The van der Waals surface area contributed by atoms with Crippen LogP contribution in [-0.4, -0.2) is 18.4 Å². The van der Waals surface area contributed by atoms with Gasteiger partial charge in [0.25, 0.3) is 0 Å². The zero-order valence-corrected chi connectivity index (χ0v) is 11.4. The molecule has 20 heavy (non-hydrogen) atoms. The Kier molecular flexibility index (Phi) is 3.15. The number of aromatic amines is 1. The second-order valence-corrected chi connectivity index (χ2v) is 6.17. The summed E-state index contributed by atoms with van der Waals surface area (Å²) in [5, 5.41) is 0. The molecule has 3 rings (SSSR count). The zero-order valence-electron chi connectivity index (χ0n) is 10.6. The first-order valence-electron chi connectivity index (χ1n) is 6.11. The molecular weight excluding hydrogens is 274 g/mol. The summed E-state index contributed by atoms with van der Waals surface area (Å²) in [4.78, 5) is 7.13. The Morgan fingerprint density at radius 2 is 1.70 bits per heavy atom. The maximum atomic E-state index is 12.1. The van der Waals surface area contributed by atoms with E-state index in [-0.39, 0.29) is 11.7 Å². The fraction of sp³-hybridized carbons (Fsp3) is 0.0714. The van der Waals surface area contributed by atoms with Crippen molar-refractivity contribution in [2.75, 3.05) is 4.72 Å². The predicted molar refractivity (Wildman–Crippen MR) is 78.8 cm³/mol. The summed E-state index contributed by atoms with van der Waals surface area (Å²) in [6.45, 7) is 0. The van der Waals surface area contributed by atoms with Crippen LogP contribution in [0.25, 0.3) is 11.0 Å². The van der Waals surface area contributed by atoms with Crippen molar-refractivity contribution in [1.29, 1.82) is 0 Å². The Morgan fingerprint density at radius 3 is 2.45 bits per heavy atom. The van der Waals surface area contributed by atoms with Crippen LogP contribution in [-0.2, 0) is 15.8 Å². The van der Waals surface area contributed by atoms with Crippen LogP contribution in [0.3, 0.4) is 0 Å². The first-order chi connectivity index (χ1) is 9.62. The molecule has 0 bridgehead atoms. The number of nitrogens with one attached hydrogen (secondary N) is 2. The lowest BCUT2D eigenvalue weighted by molar-refractivity contribution is 0.600. The Balaban J connectivity index is 1.82. The third-order valence-electron chi connectivity index (χ3n) is 2.84. The molecule has 0 unspecified atom stereocenters. The van der Waals surface area contributed by atoms with E-state index < -0.39 is 10.0 Å². The Morgan fingerprint density at radius 1 is 1.00 bits per heavy atom. The zero-order chi connectivity index (χ0) is 14.0. The van der Waals surface area contributed by atoms with Gasteiger partial charge in [-0.3, -0.25) is 4.72 Å². The minimum atomic E-state index is -3.48. The lowest BCUT2D eigenvalue weighted by Crippen LogP contribution is -2.15. The van der Waals surface area contributed by atoms with Gasteiger partial charge in [-0.2, -0.15) is 0 Å². The minimum absolute atomic E-state index is 0.0785. The van der Waals surface area contributed by atoms with E-state index in [9.17, 15) is 8.42 Å². The molecular formula is C14H13N3O2S. The van der Waals surface area contributed by atoms with Crippen molar-refractivity contribution in [2.45, 2.75) is 5.75 Å². The number of aromatic nitrogens is 2. The number of rotatable bonds is 4. The predicted octanol–water partition coefficient (Wildman–Crippen LogP) is 2.50. The number of nitrogens with zero attached hydrogens (tertiary/aromatic N) is 1. The lowest BCUT2D eigenvalue weighted by atomic mass is 10.2. The van der Waals surface area contributed by atoms with Crippen molar-refractivity contribution in [3.05, 3.63) is 60.2 Å². The van der Waals surface area contributed by atoms with Crippen LogP contribution in [0, 0.1) is 0 Å². The number of hydrogen-bond donors (Lipinski definition) is 2. The topological polar surface area (TPSA) is 74.8 Å². The van der Waals surface area contributed by atoms with Gasteiger partial charge in [-0.25, -0.2) is 13.4 Å². The van der Waals surface area contributed by atoms with Gasteiger partial charge in [-0.05, 0) is 17.7 Å². The number of anilines is 1. The second kappa shape index (κ2) is 4.97. The van der Waals surface area contributed by atoms with Gasteiger partial charge in [-0.15, -0.1) is 0 Å². The van der Waals surface area contributed by atoms with Gasteiger partial charge in [-0.1, -0.05) is 42.5 Å². The van der Waals surface area contributed by atoms with Gasteiger partial charge in [0.2, 0.25) is 16.0 Å². The van der Waals surface area contributed by atoms with Crippen LogP contribution in [0.4, 0.5) is 5.95 Å². The fourth-order valence-electron chi connectivity index (χ4n) is 1.98. The molecule has 0 aliphatic carbocycles. The molecule has 0 atom stereocenters. The molecule has 102 valence electrons. The highest BCUT2D eigenvalue weighted by Crippen LogP contribution is 2.15. The SMILES string of the molecule is O=S(=O)(Cc1ccccc1)Nc1nc2ccccc2[nH]1. The van der Waals surface area contributed by atoms with E-state index in [4.69, 9.17) is 0 Å². The molecule has 3 aromatic rings. The molecule has 0 saturated heterocycles. The van der Waals surface area contributed by atoms with E-state index in [1.54, 1.807) is 12.1 Å². The van der Waals surface area contributed by atoms with E-state index in [0.29, 0.717) is 0 Å². The van der Waals surface area contributed by atoms with Crippen molar-refractivity contribution in [3.63, 3.8) is 0 Å². The molecule has 0 fully saturated rings. The van der Waals surface area contributed by atoms with E-state index in [2.05, 4.69) is 14.7 Å². The number of hydrogen-bond acceptors (Lipinski definition) is 3. The maximum absolute atomic E-state index is 12.1. The normalized spacial score (nSPS) is 11.6. The van der Waals surface area contributed by atoms with E-state index in [0.717, 1.165) is 16.6 Å². The molecule has 0 spiro atoms. The maximum Gasteiger partial charge on any atom is 0.239 e. The summed E-state index contributed by atoms with van der Waals surface area (Å²) in [6.07, 6.45) is 0. The van der Waals surface area contributed by atoms with Crippen molar-refractivity contribution < 1.29 is 8.42 Å². The number of benzene rings is 2. The molecule has 0 amide bonds. The third kappa shape index (κ3) is 2.80. The van der Waals surface area contributed by atoms with E-state index in [1.165, 1.54) is 0 Å². The Hall–Kier alpha value is -2.34. The average Bonchev–Trinajstić information content (AvgIpc) is 2.80. The van der Waals surface area contributed by atoms with Crippen molar-refractivity contribution in [2.24, 2.45) is 0 Å². The highest BCUT2D eigenvalue weighted by molar-refractivity contribution is 7.91. The summed E-state index contributed by atoms with van der Waals surface area (Å²) < 4.78 is 26.6. The summed E-state index contributed by atoms with van der Waals surface area (Å²) >= 11 is 0. The highest BCUT2D eigenvalue weighted by atomic mass is 32.2.